The summed E-state index contributed by atoms with van der Waals surface area (Å²) in [6.07, 6.45) is 1.84. The minimum atomic E-state index is -0.146. The van der Waals surface area contributed by atoms with Gasteiger partial charge >= 0.3 is 0 Å². The van der Waals surface area contributed by atoms with Crippen LogP contribution in [0.25, 0.3) is 6.08 Å². The van der Waals surface area contributed by atoms with Gasteiger partial charge in [-0.1, -0.05) is 24.0 Å². The molecule has 0 aliphatic carbocycles. The molecule has 152 valence electrons. The molecule has 0 bridgehead atoms. The lowest BCUT2D eigenvalue weighted by Crippen LogP contribution is -2.27. The molecule has 2 aromatic carbocycles. The van der Waals surface area contributed by atoms with Crippen LogP contribution in [-0.2, 0) is 4.79 Å². The first-order chi connectivity index (χ1) is 14.0. The van der Waals surface area contributed by atoms with E-state index in [-0.39, 0.29) is 5.91 Å². The van der Waals surface area contributed by atoms with Crippen molar-refractivity contribution in [3.63, 3.8) is 0 Å². The highest BCUT2D eigenvalue weighted by Gasteiger charge is 2.33. The first-order valence-corrected chi connectivity index (χ1v) is 11.3. The highest BCUT2D eigenvalue weighted by atomic mass is 127. The van der Waals surface area contributed by atoms with E-state index < -0.39 is 0 Å². The summed E-state index contributed by atoms with van der Waals surface area (Å²) < 4.78 is 18.0. The molecule has 0 spiro atoms. The normalized spacial score (nSPS) is 15.2. The van der Waals surface area contributed by atoms with Crippen molar-refractivity contribution in [3.8, 4) is 17.2 Å². The Bertz CT molecular complexity index is 960. The van der Waals surface area contributed by atoms with Crippen LogP contribution in [0.3, 0.4) is 0 Å². The van der Waals surface area contributed by atoms with Crippen LogP contribution in [-0.4, -0.2) is 30.6 Å². The molecule has 8 heteroatoms. The van der Waals surface area contributed by atoms with Crippen LogP contribution >= 0.6 is 46.6 Å². The third-order valence-electron chi connectivity index (χ3n) is 4.04. The molecule has 29 heavy (non-hydrogen) atoms. The van der Waals surface area contributed by atoms with Crippen LogP contribution in [0.4, 0.5) is 5.69 Å². The molecular weight excluding hydrogens is 521 g/mol. The van der Waals surface area contributed by atoms with Crippen molar-refractivity contribution in [1.29, 1.82) is 0 Å². The van der Waals surface area contributed by atoms with Crippen molar-refractivity contribution in [2.75, 3.05) is 25.2 Å². The number of rotatable bonds is 7. The SMILES string of the molecule is CCOc1cc(/C=C2\SC(=S)N(c3ccc(OC)cc3)C2=O)cc(I)c1OCC. The van der Waals surface area contributed by atoms with Crippen molar-refractivity contribution in [3.05, 3.63) is 50.4 Å². The van der Waals surface area contributed by atoms with E-state index in [4.69, 9.17) is 26.4 Å². The van der Waals surface area contributed by atoms with Gasteiger partial charge in [0.15, 0.2) is 15.8 Å². The van der Waals surface area contributed by atoms with Gasteiger partial charge < -0.3 is 14.2 Å². The highest BCUT2D eigenvalue weighted by molar-refractivity contribution is 14.1. The van der Waals surface area contributed by atoms with E-state index in [1.807, 2.05) is 44.2 Å². The zero-order valence-electron chi connectivity index (χ0n) is 16.2. The summed E-state index contributed by atoms with van der Waals surface area (Å²) in [5.74, 6) is 1.96. The molecule has 0 unspecified atom stereocenters. The molecule has 1 amide bonds. The third-order valence-corrected chi connectivity index (χ3v) is 6.15. The summed E-state index contributed by atoms with van der Waals surface area (Å²) >= 11 is 8.95. The predicted molar refractivity (Wildman–Crippen MR) is 130 cm³/mol. The molecule has 0 atom stereocenters. The molecule has 1 saturated heterocycles. The third kappa shape index (κ3) is 4.87. The van der Waals surface area contributed by atoms with E-state index in [0.29, 0.717) is 33.9 Å². The average molecular weight is 541 g/mol. The number of ether oxygens (including phenoxy) is 3. The second kappa shape index (κ2) is 9.82. The fourth-order valence-electron chi connectivity index (χ4n) is 2.79. The van der Waals surface area contributed by atoms with Crippen LogP contribution in [0.15, 0.2) is 41.3 Å². The minimum Gasteiger partial charge on any atom is -0.497 e. The summed E-state index contributed by atoms with van der Waals surface area (Å²) in [5, 5.41) is 0. The molecule has 1 aliphatic heterocycles. The quantitative estimate of drug-likeness (QED) is 0.262. The van der Waals surface area contributed by atoms with Crippen molar-refractivity contribution < 1.29 is 19.0 Å². The van der Waals surface area contributed by atoms with Crippen LogP contribution in [0.2, 0.25) is 0 Å². The van der Waals surface area contributed by atoms with E-state index >= 15 is 0 Å². The standard InChI is InChI=1S/C21H20INO4S2/c1-4-26-17-11-13(10-16(22)19(17)27-5-2)12-18-20(24)23(21(28)29-18)14-6-8-15(25-3)9-7-14/h6-12H,4-5H2,1-3H3/b18-12-. The van der Waals surface area contributed by atoms with Gasteiger partial charge in [-0.2, -0.15) is 0 Å². The zero-order valence-corrected chi connectivity index (χ0v) is 20.0. The van der Waals surface area contributed by atoms with Crippen LogP contribution in [0.5, 0.6) is 17.2 Å². The summed E-state index contributed by atoms with van der Waals surface area (Å²) in [5.41, 5.74) is 1.57. The minimum absolute atomic E-state index is 0.146. The Morgan fingerprint density at radius 2 is 1.83 bits per heavy atom. The summed E-state index contributed by atoms with van der Waals surface area (Å²) in [6.45, 7) is 4.94. The second-order valence-electron chi connectivity index (χ2n) is 5.91. The first kappa shape index (κ1) is 21.9. The molecule has 5 nitrogen and oxygen atoms in total. The molecule has 1 heterocycles. The summed E-state index contributed by atoms with van der Waals surface area (Å²) in [6, 6.07) is 11.1. The first-order valence-electron chi connectivity index (χ1n) is 8.99. The Hall–Kier alpha value is -1.78. The van der Waals surface area contributed by atoms with E-state index in [1.54, 1.807) is 19.2 Å². The van der Waals surface area contributed by atoms with Gasteiger partial charge in [-0.3, -0.25) is 9.69 Å². The number of methoxy groups -OCH3 is 1. The van der Waals surface area contributed by atoms with Crippen molar-refractivity contribution in [2.45, 2.75) is 13.8 Å². The van der Waals surface area contributed by atoms with Gasteiger partial charge in [0, 0.05) is 0 Å². The van der Waals surface area contributed by atoms with Gasteiger partial charge in [-0.05, 0) is 84.5 Å². The molecule has 0 radical (unpaired) electrons. The monoisotopic (exact) mass is 541 g/mol. The van der Waals surface area contributed by atoms with Gasteiger partial charge in [0.25, 0.3) is 5.91 Å². The Morgan fingerprint density at radius 3 is 2.45 bits per heavy atom. The number of benzene rings is 2. The van der Waals surface area contributed by atoms with E-state index in [9.17, 15) is 4.79 Å². The number of amides is 1. The fourth-order valence-corrected chi connectivity index (χ4v) is 4.87. The molecule has 0 aromatic heterocycles. The van der Waals surface area contributed by atoms with Crippen LogP contribution < -0.4 is 19.1 Å². The maximum atomic E-state index is 13.0. The fraction of sp³-hybridized carbons (Fsp3) is 0.238. The van der Waals surface area contributed by atoms with Gasteiger partial charge in [0.2, 0.25) is 0 Å². The Kier molecular flexibility index (Phi) is 7.42. The Labute approximate surface area is 193 Å². The number of anilines is 1. The van der Waals surface area contributed by atoms with Crippen molar-refractivity contribution in [2.24, 2.45) is 0 Å². The number of hydrogen-bond donors (Lipinski definition) is 0. The number of thiocarbonyl (C=S) groups is 1. The second-order valence-corrected chi connectivity index (χ2v) is 8.75. The maximum Gasteiger partial charge on any atom is 0.270 e. The Balaban J connectivity index is 1.92. The lowest BCUT2D eigenvalue weighted by atomic mass is 10.1. The smallest absolute Gasteiger partial charge is 0.270 e. The summed E-state index contributed by atoms with van der Waals surface area (Å²) in [4.78, 5) is 15.1. The van der Waals surface area contributed by atoms with Crippen molar-refractivity contribution in [1.82, 2.24) is 0 Å². The predicted octanol–water partition coefficient (Wildman–Crippen LogP) is 5.50. The molecule has 0 N–H and O–H groups in total. The number of carbonyl (C=O) groups excluding carboxylic acids is 1. The van der Waals surface area contributed by atoms with Crippen LogP contribution in [0, 0.1) is 3.57 Å². The molecule has 1 fully saturated rings. The number of halogens is 1. The van der Waals surface area contributed by atoms with Gasteiger partial charge in [-0.15, -0.1) is 0 Å². The van der Waals surface area contributed by atoms with Gasteiger partial charge in [0.1, 0.15) is 5.75 Å². The maximum absolute atomic E-state index is 13.0. The van der Waals surface area contributed by atoms with Crippen LogP contribution in [0.1, 0.15) is 19.4 Å². The molecule has 3 rings (SSSR count). The zero-order chi connectivity index (χ0) is 21.0. The lowest BCUT2D eigenvalue weighted by Gasteiger charge is -2.15. The highest BCUT2D eigenvalue weighted by Crippen LogP contribution is 2.39. The number of thioether (sulfide) groups is 1. The van der Waals surface area contributed by atoms with Crippen molar-refractivity contribution >= 4 is 68.6 Å². The van der Waals surface area contributed by atoms with Gasteiger partial charge in [0.05, 0.1) is 34.5 Å². The topological polar surface area (TPSA) is 48.0 Å². The van der Waals surface area contributed by atoms with E-state index in [2.05, 4.69) is 22.6 Å². The number of nitrogens with zero attached hydrogens (tertiary/aromatic N) is 1. The molecule has 2 aromatic rings. The lowest BCUT2D eigenvalue weighted by molar-refractivity contribution is -0.113. The number of carbonyl (C=O) groups is 1. The molecule has 1 aliphatic rings. The average Bonchev–Trinajstić information content (AvgIpc) is 2.98. The summed E-state index contributed by atoms with van der Waals surface area (Å²) in [7, 11) is 1.60. The number of hydrogen-bond acceptors (Lipinski definition) is 6. The molecule has 0 saturated carbocycles. The van der Waals surface area contributed by atoms with Gasteiger partial charge in [-0.25, -0.2) is 0 Å². The van der Waals surface area contributed by atoms with E-state index in [1.165, 1.54) is 16.7 Å². The van der Waals surface area contributed by atoms with E-state index in [0.717, 1.165) is 20.6 Å². The Morgan fingerprint density at radius 1 is 1.14 bits per heavy atom. The molecular formula is C21H20INO4S2. The largest absolute Gasteiger partial charge is 0.497 e.